The first-order valence-corrected chi connectivity index (χ1v) is 9.29. The SMILES string of the molecule is O=C(c1ccccc1)N1CCC(CNc2ccc3nnc(C(F)(F)F)n3n2)CC1. The number of halogens is 3. The van der Waals surface area contributed by atoms with Gasteiger partial charge in [0.15, 0.2) is 5.65 Å². The molecule has 2 aromatic heterocycles. The van der Waals surface area contributed by atoms with Crippen LogP contribution in [-0.4, -0.2) is 50.3 Å². The number of aromatic nitrogens is 4. The Hall–Kier alpha value is -3.17. The number of rotatable bonds is 4. The number of carbonyl (C=O) groups is 1. The second kappa shape index (κ2) is 7.69. The third-order valence-corrected chi connectivity index (χ3v) is 5.01. The molecule has 1 aliphatic rings. The lowest BCUT2D eigenvalue weighted by Gasteiger charge is -2.32. The number of amides is 1. The van der Waals surface area contributed by atoms with Gasteiger partial charge in [-0.15, -0.1) is 15.3 Å². The van der Waals surface area contributed by atoms with E-state index in [-0.39, 0.29) is 11.6 Å². The molecular formula is C19H19F3N6O. The molecule has 1 aromatic carbocycles. The highest BCUT2D eigenvalue weighted by Crippen LogP contribution is 2.27. The van der Waals surface area contributed by atoms with E-state index in [2.05, 4.69) is 20.6 Å². The molecule has 0 radical (unpaired) electrons. The summed E-state index contributed by atoms with van der Waals surface area (Å²) in [7, 11) is 0. The number of fused-ring (bicyclic) bond motifs is 1. The molecule has 0 atom stereocenters. The van der Waals surface area contributed by atoms with Crippen molar-refractivity contribution >= 4 is 17.4 Å². The number of carbonyl (C=O) groups excluding carboxylic acids is 1. The molecule has 1 aliphatic heterocycles. The van der Waals surface area contributed by atoms with Crippen LogP contribution in [0, 0.1) is 5.92 Å². The van der Waals surface area contributed by atoms with E-state index in [1.807, 2.05) is 23.1 Å². The Balaban J connectivity index is 1.34. The predicted molar refractivity (Wildman–Crippen MR) is 99.3 cm³/mol. The monoisotopic (exact) mass is 404 g/mol. The first-order chi connectivity index (χ1) is 13.9. The van der Waals surface area contributed by atoms with Gasteiger partial charge in [0.2, 0.25) is 0 Å². The van der Waals surface area contributed by atoms with Gasteiger partial charge in [0, 0.05) is 25.2 Å². The van der Waals surface area contributed by atoms with E-state index in [0.29, 0.717) is 41.4 Å². The highest BCUT2D eigenvalue weighted by Gasteiger charge is 2.37. The van der Waals surface area contributed by atoms with Gasteiger partial charge in [-0.2, -0.15) is 17.7 Å². The Morgan fingerprint density at radius 1 is 1.07 bits per heavy atom. The molecule has 3 aromatic rings. The van der Waals surface area contributed by atoms with Gasteiger partial charge in [0.25, 0.3) is 11.7 Å². The maximum Gasteiger partial charge on any atom is 0.453 e. The zero-order chi connectivity index (χ0) is 20.4. The van der Waals surface area contributed by atoms with Gasteiger partial charge in [0.05, 0.1) is 0 Å². The average Bonchev–Trinajstić information content (AvgIpc) is 3.16. The van der Waals surface area contributed by atoms with Crippen molar-refractivity contribution in [3.8, 4) is 0 Å². The van der Waals surface area contributed by atoms with Crippen molar-refractivity contribution in [2.45, 2.75) is 19.0 Å². The van der Waals surface area contributed by atoms with Gasteiger partial charge in [-0.1, -0.05) is 18.2 Å². The molecule has 3 heterocycles. The third-order valence-electron chi connectivity index (χ3n) is 5.01. The normalized spacial score (nSPS) is 15.6. The van der Waals surface area contributed by atoms with Crippen LogP contribution in [0.15, 0.2) is 42.5 Å². The number of anilines is 1. The maximum atomic E-state index is 13.0. The second-order valence-electron chi connectivity index (χ2n) is 6.99. The summed E-state index contributed by atoms with van der Waals surface area (Å²) in [5.74, 6) is -0.499. The van der Waals surface area contributed by atoms with E-state index >= 15 is 0 Å². The molecule has 4 rings (SSSR count). The Morgan fingerprint density at radius 3 is 2.48 bits per heavy atom. The summed E-state index contributed by atoms with van der Waals surface area (Å²) in [5.41, 5.74) is 0.714. The summed E-state index contributed by atoms with van der Waals surface area (Å²) >= 11 is 0. The Kier molecular flexibility index (Phi) is 5.08. The maximum absolute atomic E-state index is 13.0. The molecule has 10 heteroatoms. The molecule has 1 amide bonds. The summed E-state index contributed by atoms with van der Waals surface area (Å²) in [6.07, 6.45) is -2.99. The lowest BCUT2D eigenvalue weighted by molar-refractivity contribution is -0.146. The number of piperidine rings is 1. The zero-order valence-electron chi connectivity index (χ0n) is 15.4. The first-order valence-electron chi connectivity index (χ1n) is 9.29. The molecule has 0 spiro atoms. The molecule has 1 fully saturated rings. The standard InChI is InChI=1S/C19H19F3N6O/c20-19(21,22)18-25-24-16-7-6-15(26-28(16)18)23-12-13-8-10-27(11-9-13)17(29)14-4-2-1-3-5-14/h1-7,13H,8-12H2,(H,23,26). The van der Waals surface area contributed by atoms with Crippen molar-refractivity contribution in [2.75, 3.05) is 25.0 Å². The van der Waals surface area contributed by atoms with Crippen LogP contribution in [0.5, 0.6) is 0 Å². The number of alkyl halides is 3. The molecule has 0 bridgehead atoms. The van der Waals surface area contributed by atoms with Crippen LogP contribution < -0.4 is 5.32 Å². The minimum Gasteiger partial charge on any atom is -0.368 e. The van der Waals surface area contributed by atoms with Crippen molar-refractivity contribution in [2.24, 2.45) is 5.92 Å². The molecular weight excluding hydrogens is 385 g/mol. The summed E-state index contributed by atoms with van der Waals surface area (Å²) in [6.45, 7) is 1.86. The van der Waals surface area contributed by atoms with Crippen molar-refractivity contribution in [3.63, 3.8) is 0 Å². The average molecular weight is 404 g/mol. The van der Waals surface area contributed by atoms with Gasteiger partial charge < -0.3 is 10.2 Å². The van der Waals surface area contributed by atoms with Crippen LogP contribution in [0.3, 0.4) is 0 Å². The summed E-state index contributed by atoms with van der Waals surface area (Å²) in [5, 5.41) is 13.7. The minimum atomic E-state index is -4.62. The lowest BCUT2D eigenvalue weighted by atomic mass is 9.96. The Labute approximate surface area is 164 Å². The van der Waals surface area contributed by atoms with Gasteiger partial charge in [0.1, 0.15) is 5.82 Å². The number of likely N-dealkylation sites (tertiary alicyclic amines) is 1. The Morgan fingerprint density at radius 2 is 1.79 bits per heavy atom. The summed E-state index contributed by atoms with van der Waals surface area (Å²) in [4.78, 5) is 14.3. The number of benzene rings is 1. The number of nitrogens with one attached hydrogen (secondary N) is 1. The molecule has 0 aliphatic carbocycles. The smallest absolute Gasteiger partial charge is 0.368 e. The minimum absolute atomic E-state index is 0.0245. The van der Waals surface area contributed by atoms with Crippen LogP contribution in [0.2, 0.25) is 0 Å². The van der Waals surface area contributed by atoms with Crippen LogP contribution in [0.25, 0.3) is 5.65 Å². The van der Waals surface area contributed by atoms with Gasteiger partial charge in [-0.05, 0) is 43.0 Å². The van der Waals surface area contributed by atoms with Gasteiger partial charge in [-0.3, -0.25) is 4.79 Å². The predicted octanol–water partition coefficient (Wildman–Crippen LogP) is 3.11. The largest absolute Gasteiger partial charge is 0.453 e. The molecule has 0 saturated carbocycles. The van der Waals surface area contributed by atoms with E-state index in [1.54, 1.807) is 18.2 Å². The highest BCUT2D eigenvalue weighted by atomic mass is 19.4. The van der Waals surface area contributed by atoms with Crippen LogP contribution in [0.4, 0.5) is 19.0 Å². The molecule has 152 valence electrons. The molecule has 29 heavy (non-hydrogen) atoms. The van der Waals surface area contributed by atoms with Crippen LogP contribution >= 0.6 is 0 Å². The zero-order valence-corrected chi connectivity index (χ0v) is 15.4. The highest BCUT2D eigenvalue weighted by molar-refractivity contribution is 5.94. The van der Waals surface area contributed by atoms with E-state index in [1.165, 1.54) is 6.07 Å². The van der Waals surface area contributed by atoms with Crippen LogP contribution in [-0.2, 0) is 6.18 Å². The van der Waals surface area contributed by atoms with Crippen molar-refractivity contribution in [1.29, 1.82) is 0 Å². The number of hydrogen-bond acceptors (Lipinski definition) is 5. The number of hydrogen-bond donors (Lipinski definition) is 1. The lowest BCUT2D eigenvalue weighted by Crippen LogP contribution is -2.39. The fourth-order valence-electron chi connectivity index (χ4n) is 3.41. The van der Waals surface area contributed by atoms with Gasteiger partial charge in [-0.25, -0.2) is 0 Å². The molecule has 1 N–H and O–H groups in total. The first kappa shape index (κ1) is 19.2. The second-order valence-corrected chi connectivity index (χ2v) is 6.99. The molecule has 1 saturated heterocycles. The fraction of sp³-hybridized carbons (Fsp3) is 0.368. The Bertz CT molecular complexity index is 996. The van der Waals surface area contributed by atoms with E-state index in [4.69, 9.17) is 0 Å². The van der Waals surface area contributed by atoms with E-state index < -0.39 is 12.0 Å². The van der Waals surface area contributed by atoms with E-state index in [9.17, 15) is 18.0 Å². The summed E-state index contributed by atoms with van der Waals surface area (Å²) < 4.78 is 39.6. The number of nitrogens with zero attached hydrogens (tertiary/aromatic N) is 5. The van der Waals surface area contributed by atoms with E-state index in [0.717, 1.165) is 12.8 Å². The van der Waals surface area contributed by atoms with Crippen molar-refractivity contribution in [1.82, 2.24) is 24.7 Å². The fourth-order valence-corrected chi connectivity index (χ4v) is 3.41. The third kappa shape index (κ3) is 4.15. The van der Waals surface area contributed by atoms with Crippen molar-refractivity contribution < 1.29 is 18.0 Å². The van der Waals surface area contributed by atoms with Gasteiger partial charge >= 0.3 is 6.18 Å². The van der Waals surface area contributed by atoms with Crippen molar-refractivity contribution in [3.05, 3.63) is 53.9 Å². The molecule has 0 unspecified atom stereocenters. The summed E-state index contributed by atoms with van der Waals surface area (Å²) in [6, 6.07) is 12.2. The van der Waals surface area contributed by atoms with Crippen LogP contribution in [0.1, 0.15) is 29.0 Å². The quantitative estimate of drug-likeness (QED) is 0.723. The molecule has 7 nitrogen and oxygen atoms in total. The topological polar surface area (TPSA) is 75.4 Å².